The lowest BCUT2D eigenvalue weighted by atomic mass is 9.85. The number of hydrogen-bond donors (Lipinski definition) is 2. The van der Waals surface area contributed by atoms with E-state index in [1.54, 1.807) is 4.90 Å². The number of nitrogens with zero attached hydrogens (tertiary/aromatic N) is 1. The van der Waals surface area contributed by atoms with Gasteiger partial charge in [-0.05, 0) is 32.1 Å². The van der Waals surface area contributed by atoms with Gasteiger partial charge in [-0.2, -0.15) is 0 Å². The van der Waals surface area contributed by atoms with Gasteiger partial charge in [-0.3, -0.25) is 4.79 Å². The molecule has 2 N–H and O–H groups in total. The van der Waals surface area contributed by atoms with Crippen molar-refractivity contribution in [2.24, 2.45) is 5.92 Å². The summed E-state index contributed by atoms with van der Waals surface area (Å²) in [6.45, 7) is 5.31. The van der Waals surface area contributed by atoms with E-state index in [2.05, 4.69) is 5.32 Å². The van der Waals surface area contributed by atoms with Gasteiger partial charge in [-0.15, -0.1) is 0 Å². The number of rotatable bonds is 7. The van der Waals surface area contributed by atoms with E-state index in [1.807, 2.05) is 13.8 Å². The fourth-order valence-electron chi connectivity index (χ4n) is 2.12. The van der Waals surface area contributed by atoms with Crippen molar-refractivity contribution in [3.63, 3.8) is 0 Å². The number of carboxylic acid groups (broad SMARTS) is 1. The molecule has 5 heteroatoms. The van der Waals surface area contributed by atoms with E-state index >= 15 is 0 Å². The summed E-state index contributed by atoms with van der Waals surface area (Å²) in [5, 5.41) is 11.6. The smallest absolute Gasteiger partial charge is 0.317 e. The van der Waals surface area contributed by atoms with E-state index in [9.17, 15) is 9.59 Å². The topological polar surface area (TPSA) is 69.6 Å². The lowest BCUT2D eigenvalue weighted by Crippen LogP contribution is -2.47. The first kappa shape index (κ1) is 14.8. The average molecular weight is 256 g/mol. The Morgan fingerprint density at radius 3 is 2.44 bits per heavy atom. The van der Waals surface area contributed by atoms with Gasteiger partial charge in [-0.25, -0.2) is 4.79 Å². The Morgan fingerprint density at radius 2 is 2.06 bits per heavy atom. The Labute approximate surface area is 109 Å². The maximum Gasteiger partial charge on any atom is 0.317 e. The van der Waals surface area contributed by atoms with Crippen molar-refractivity contribution in [3.8, 4) is 0 Å². The Kier molecular flexibility index (Phi) is 5.95. The number of urea groups is 1. The van der Waals surface area contributed by atoms with E-state index in [0.717, 1.165) is 6.54 Å². The van der Waals surface area contributed by atoms with Crippen LogP contribution in [0.4, 0.5) is 4.79 Å². The number of carbonyl (C=O) groups is 2. The van der Waals surface area contributed by atoms with Gasteiger partial charge in [-0.1, -0.05) is 13.3 Å². The van der Waals surface area contributed by atoms with Crippen LogP contribution in [0, 0.1) is 5.92 Å². The summed E-state index contributed by atoms with van der Waals surface area (Å²) < 4.78 is 0. The summed E-state index contributed by atoms with van der Waals surface area (Å²) in [5.74, 6) is -0.237. The standard InChI is InChI=1S/C13H24N2O3/c1-3-11(8-12(16)17)14-13(18)15(4-2)9-10-6-5-7-10/h10-11H,3-9H2,1-2H3,(H,14,18)(H,16,17). The van der Waals surface area contributed by atoms with Crippen LogP contribution in [0.25, 0.3) is 0 Å². The van der Waals surface area contributed by atoms with Crippen molar-refractivity contribution < 1.29 is 14.7 Å². The molecular formula is C13H24N2O3. The molecule has 1 aliphatic rings. The summed E-state index contributed by atoms with van der Waals surface area (Å²) in [7, 11) is 0. The number of carboxylic acids is 1. The minimum Gasteiger partial charge on any atom is -0.481 e. The second-order valence-electron chi connectivity index (χ2n) is 4.99. The van der Waals surface area contributed by atoms with E-state index in [0.29, 0.717) is 18.9 Å². The van der Waals surface area contributed by atoms with Crippen LogP contribution < -0.4 is 5.32 Å². The molecule has 18 heavy (non-hydrogen) atoms. The van der Waals surface area contributed by atoms with E-state index in [4.69, 9.17) is 5.11 Å². The minimum atomic E-state index is -0.871. The molecule has 0 aliphatic heterocycles. The normalized spacial score (nSPS) is 16.8. The fourth-order valence-corrected chi connectivity index (χ4v) is 2.12. The molecule has 1 rings (SSSR count). The van der Waals surface area contributed by atoms with Crippen molar-refractivity contribution in [1.82, 2.24) is 10.2 Å². The van der Waals surface area contributed by atoms with E-state index in [-0.39, 0.29) is 18.5 Å². The molecule has 0 radical (unpaired) electrons. The Bertz CT molecular complexity index is 290. The second-order valence-corrected chi connectivity index (χ2v) is 4.99. The van der Waals surface area contributed by atoms with Crippen LogP contribution in [0.5, 0.6) is 0 Å². The molecule has 104 valence electrons. The zero-order valence-electron chi connectivity index (χ0n) is 11.3. The van der Waals surface area contributed by atoms with Gasteiger partial charge < -0.3 is 15.3 Å². The molecule has 0 heterocycles. The molecule has 0 spiro atoms. The molecular weight excluding hydrogens is 232 g/mol. The van der Waals surface area contributed by atoms with E-state index < -0.39 is 5.97 Å². The van der Waals surface area contributed by atoms with Crippen LogP contribution in [0.15, 0.2) is 0 Å². The van der Waals surface area contributed by atoms with Gasteiger partial charge in [0.05, 0.1) is 6.42 Å². The summed E-state index contributed by atoms with van der Waals surface area (Å²) >= 11 is 0. The lowest BCUT2D eigenvalue weighted by molar-refractivity contribution is -0.137. The SMILES string of the molecule is CCC(CC(=O)O)NC(=O)N(CC)CC1CCC1. The summed E-state index contributed by atoms with van der Waals surface area (Å²) in [5.41, 5.74) is 0. The Balaban J connectivity index is 2.41. The lowest BCUT2D eigenvalue weighted by Gasteiger charge is -2.32. The molecule has 0 aromatic heterocycles. The highest BCUT2D eigenvalue weighted by Crippen LogP contribution is 2.27. The molecule has 5 nitrogen and oxygen atoms in total. The van der Waals surface area contributed by atoms with Crippen LogP contribution in [-0.4, -0.2) is 41.1 Å². The highest BCUT2D eigenvalue weighted by Gasteiger charge is 2.24. The first-order chi connectivity index (χ1) is 8.56. The molecule has 1 saturated carbocycles. The molecule has 0 aromatic carbocycles. The van der Waals surface area contributed by atoms with Crippen molar-refractivity contribution in [2.75, 3.05) is 13.1 Å². The predicted molar refractivity (Wildman–Crippen MR) is 69.5 cm³/mol. The zero-order chi connectivity index (χ0) is 13.5. The maximum absolute atomic E-state index is 12.0. The van der Waals surface area contributed by atoms with Gasteiger partial charge in [0.1, 0.15) is 0 Å². The largest absolute Gasteiger partial charge is 0.481 e. The van der Waals surface area contributed by atoms with Crippen LogP contribution in [-0.2, 0) is 4.79 Å². The van der Waals surface area contributed by atoms with Crippen molar-refractivity contribution in [2.45, 2.75) is 52.0 Å². The highest BCUT2D eigenvalue weighted by atomic mass is 16.4. The van der Waals surface area contributed by atoms with Crippen LogP contribution >= 0.6 is 0 Å². The fraction of sp³-hybridized carbons (Fsp3) is 0.846. The third-order valence-electron chi connectivity index (χ3n) is 3.61. The first-order valence-corrected chi connectivity index (χ1v) is 6.84. The molecule has 1 fully saturated rings. The van der Waals surface area contributed by atoms with Crippen molar-refractivity contribution in [1.29, 1.82) is 0 Å². The molecule has 2 amide bonds. The third-order valence-corrected chi connectivity index (χ3v) is 3.61. The highest BCUT2D eigenvalue weighted by molar-refractivity contribution is 5.75. The number of hydrogen-bond acceptors (Lipinski definition) is 2. The average Bonchev–Trinajstić information content (AvgIpc) is 2.26. The molecule has 1 atom stereocenters. The summed E-state index contributed by atoms with van der Waals surface area (Å²) in [6.07, 6.45) is 4.30. The Morgan fingerprint density at radius 1 is 1.39 bits per heavy atom. The van der Waals surface area contributed by atoms with Crippen LogP contribution in [0.2, 0.25) is 0 Å². The quantitative estimate of drug-likeness (QED) is 0.732. The van der Waals surface area contributed by atoms with Gasteiger partial charge in [0.15, 0.2) is 0 Å². The van der Waals surface area contributed by atoms with Gasteiger partial charge in [0.25, 0.3) is 0 Å². The third kappa shape index (κ3) is 4.55. The Hall–Kier alpha value is -1.26. The number of carbonyl (C=O) groups excluding carboxylic acids is 1. The minimum absolute atomic E-state index is 0.0107. The molecule has 0 saturated heterocycles. The van der Waals surface area contributed by atoms with Gasteiger partial charge in [0.2, 0.25) is 0 Å². The van der Waals surface area contributed by atoms with Crippen LogP contribution in [0.1, 0.15) is 46.0 Å². The molecule has 0 aromatic rings. The summed E-state index contributed by atoms with van der Waals surface area (Å²) in [4.78, 5) is 24.5. The van der Waals surface area contributed by atoms with Gasteiger partial charge in [0, 0.05) is 19.1 Å². The van der Waals surface area contributed by atoms with Crippen molar-refractivity contribution in [3.05, 3.63) is 0 Å². The van der Waals surface area contributed by atoms with Gasteiger partial charge >= 0.3 is 12.0 Å². The molecule has 1 aliphatic carbocycles. The molecule has 0 bridgehead atoms. The molecule has 1 unspecified atom stereocenters. The number of amides is 2. The van der Waals surface area contributed by atoms with Crippen LogP contribution in [0.3, 0.4) is 0 Å². The first-order valence-electron chi connectivity index (χ1n) is 6.84. The number of nitrogens with one attached hydrogen (secondary N) is 1. The zero-order valence-corrected chi connectivity index (χ0v) is 11.3. The second kappa shape index (κ2) is 7.24. The summed E-state index contributed by atoms with van der Waals surface area (Å²) in [6, 6.07) is -0.400. The number of aliphatic carboxylic acids is 1. The van der Waals surface area contributed by atoms with E-state index in [1.165, 1.54) is 19.3 Å². The predicted octanol–water partition coefficient (Wildman–Crippen LogP) is 2.07. The van der Waals surface area contributed by atoms with Crippen molar-refractivity contribution >= 4 is 12.0 Å². The maximum atomic E-state index is 12.0. The monoisotopic (exact) mass is 256 g/mol.